The molecule has 114 valence electrons. The molecule has 4 rings (SSSR count). The number of carbonyl (C=O) groups is 2. The molecule has 0 radical (unpaired) electrons. The van der Waals surface area contributed by atoms with Crippen molar-refractivity contribution in [1.29, 1.82) is 0 Å². The highest BCUT2D eigenvalue weighted by Crippen LogP contribution is 2.35. The number of hydrogen-bond donors (Lipinski definition) is 2. The van der Waals surface area contributed by atoms with Crippen LogP contribution < -0.4 is 15.5 Å². The van der Waals surface area contributed by atoms with Gasteiger partial charge in [0.2, 0.25) is 0 Å². The summed E-state index contributed by atoms with van der Waals surface area (Å²) in [5.74, 6) is -0.229. The molecule has 2 aliphatic heterocycles. The first-order chi connectivity index (χ1) is 10.5. The molecule has 2 saturated heterocycles. The maximum absolute atomic E-state index is 12.0. The van der Waals surface area contributed by atoms with Gasteiger partial charge < -0.3 is 10.2 Å². The Morgan fingerprint density at radius 1 is 1.32 bits per heavy atom. The van der Waals surface area contributed by atoms with E-state index in [2.05, 4.69) is 41.5 Å². The van der Waals surface area contributed by atoms with Crippen LogP contribution in [0.1, 0.15) is 17.5 Å². The first-order valence-electron chi connectivity index (χ1n) is 7.23. The fraction of sp³-hybridized carbons (Fsp3) is 0.400. The van der Waals surface area contributed by atoms with Crippen LogP contribution in [0.15, 0.2) is 12.1 Å². The number of carbonyl (C=O) groups excluding carboxylic acids is 2. The second-order valence-electron chi connectivity index (χ2n) is 6.09. The highest BCUT2D eigenvalue weighted by atomic mass is 32.1. The van der Waals surface area contributed by atoms with E-state index in [9.17, 15) is 9.59 Å². The number of amides is 3. The van der Waals surface area contributed by atoms with Gasteiger partial charge in [0, 0.05) is 6.54 Å². The molecule has 2 aromatic rings. The zero-order valence-electron chi connectivity index (χ0n) is 12.4. The number of urea groups is 1. The molecule has 22 heavy (non-hydrogen) atoms. The van der Waals surface area contributed by atoms with Crippen molar-refractivity contribution in [3.63, 3.8) is 0 Å². The number of hydrogen-bond acceptors (Lipinski definition) is 5. The maximum Gasteiger partial charge on any atom is 0.322 e. The molecule has 2 N–H and O–H groups in total. The van der Waals surface area contributed by atoms with E-state index < -0.39 is 11.6 Å². The third kappa shape index (κ3) is 1.89. The molecule has 3 amide bonds. The Balaban J connectivity index is 1.68. The number of anilines is 1. The van der Waals surface area contributed by atoms with Gasteiger partial charge in [-0.05, 0) is 37.5 Å². The van der Waals surface area contributed by atoms with Gasteiger partial charge in [0.05, 0.1) is 16.8 Å². The van der Waals surface area contributed by atoms with Crippen LogP contribution in [-0.4, -0.2) is 35.6 Å². The Kier molecular flexibility index (Phi) is 2.72. The second-order valence-corrected chi connectivity index (χ2v) is 7.10. The summed E-state index contributed by atoms with van der Waals surface area (Å²) in [4.78, 5) is 30.2. The summed E-state index contributed by atoms with van der Waals surface area (Å²) in [5, 5.41) is 6.01. The first-order valence-corrected chi connectivity index (χ1v) is 8.05. The molecule has 0 aliphatic carbocycles. The topological polar surface area (TPSA) is 74.3 Å². The van der Waals surface area contributed by atoms with E-state index in [-0.39, 0.29) is 5.91 Å². The average molecular weight is 316 g/mol. The molecule has 6 nitrogen and oxygen atoms in total. The number of aryl methyl sites for hydroxylation is 2. The molecule has 2 aliphatic rings. The van der Waals surface area contributed by atoms with Crippen molar-refractivity contribution in [3.05, 3.63) is 23.3 Å². The predicted molar refractivity (Wildman–Crippen MR) is 85.3 cm³/mol. The number of imide groups is 1. The minimum Gasteiger partial charge on any atom is -0.345 e. The zero-order valence-corrected chi connectivity index (χ0v) is 13.2. The molecule has 0 saturated carbocycles. The number of fused-ring (bicyclic) bond motifs is 1. The Morgan fingerprint density at radius 3 is 2.86 bits per heavy atom. The summed E-state index contributed by atoms with van der Waals surface area (Å²) < 4.78 is 1.16. The number of nitrogens with one attached hydrogen (secondary N) is 2. The van der Waals surface area contributed by atoms with E-state index in [1.54, 1.807) is 11.3 Å². The highest BCUT2D eigenvalue weighted by Gasteiger charge is 2.51. The highest BCUT2D eigenvalue weighted by molar-refractivity contribution is 7.22. The molecule has 7 heteroatoms. The molecule has 1 aromatic carbocycles. The van der Waals surface area contributed by atoms with Crippen molar-refractivity contribution < 1.29 is 9.59 Å². The summed E-state index contributed by atoms with van der Waals surface area (Å²) in [5.41, 5.74) is 2.62. The predicted octanol–water partition coefficient (Wildman–Crippen LogP) is 1.70. The minimum absolute atomic E-state index is 0.229. The maximum atomic E-state index is 12.0. The summed E-state index contributed by atoms with van der Waals surface area (Å²) in [6.07, 6.45) is 0.610. The van der Waals surface area contributed by atoms with Gasteiger partial charge >= 0.3 is 6.03 Å². The molecule has 1 aromatic heterocycles. The lowest BCUT2D eigenvalue weighted by atomic mass is 10.00. The Morgan fingerprint density at radius 2 is 2.14 bits per heavy atom. The van der Waals surface area contributed by atoms with Crippen LogP contribution in [0.4, 0.5) is 9.93 Å². The monoisotopic (exact) mass is 316 g/mol. The van der Waals surface area contributed by atoms with Gasteiger partial charge in [-0.3, -0.25) is 10.1 Å². The molecule has 2 fully saturated rings. The van der Waals surface area contributed by atoms with Crippen molar-refractivity contribution in [2.75, 3.05) is 18.0 Å². The molecular weight excluding hydrogens is 300 g/mol. The van der Waals surface area contributed by atoms with Crippen LogP contribution in [0.25, 0.3) is 10.2 Å². The minimum atomic E-state index is -0.792. The van der Waals surface area contributed by atoms with Crippen LogP contribution >= 0.6 is 11.3 Å². The standard InChI is InChI=1S/C15H16N4O2S/c1-8-5-9(2)11-10(6-8)22-14(16-11)19-4-3-15(7-19)12(20)17-13(21)18-15/h5-6H,3-4,7H2,1-2H3,(H2,17,18,20,21). The normalized spacial score (nSPS) is 24.4. The quantitative estimate of drug-likeness (QED) is 0.785. The number of aromatic nitrogens is 1. The lowest BCUT2D eigenvalue weighted by Crippen LogP contribution is -2.49. The number of benzene rings is 1. The van der Waals surface area contributed by atoms with E-state index in [4.69, 9.17) is 4.98 Å². The van der Waals surface area contributed by atoms with Gasteiger partial charge in [0.15, 0.2) is 5.13 Å². The van der Waals surface area contributed by atoms with Crippen LogP contribution in [0.5, 0.6) is 0 Å². The van der Waals surface area contributed by atoms with Crippen molar-refractivity contribution in [2.24, 2.45) is 0 Å². The molecule has 1 unspecified atom stereocenters. The Hall–Kier alpha value is -2.15. The van der Waals surface area contributed by atoms with E-state index in [0.717, 1.165) is 15.3 Å². The Bertz CT molecular complexity index is 815. The summed E-state index contributed by atoms with van der Waals surface area (Å²) in [6, 6.07) is 3.86. The van der Waals surface area contributed by atoms with Gasteiger partial charge in [-0.15, -0.1) is 0 Å². The van der Waals surface area contributed by atoms with E-state index in [1.807, 2.05) is 0 Å². The van der Waals surface area contributed by atoms with Gasteiger partial charge in [-0.2, -0.15) is 0 Å². The largest absolute Gasteiger partial charge is 0.345 e. The van der Waals surface area contributed by atoms with Gasteiger partial charge in [-0.1, -0.05) is 17.4 Å². The van der Waals surface area contributed by atoms with E-state index in [1.165, 1.54) is 11.1 Å². The summed E-state index contributed by atoms with van der Waals surface area (Å²) in [7, 11) is 0. The van der Waals surface area contributed by atoms with Gasteiger partial charge in [0.25, 0.3) is 5.91 Å². The SMILES string of the molecule is Cc1cc(C)c2nc(N3CCC4(C3)NC(=O)NC4=O)sc2c1. The fourth-order valence-corrected chi connectivity index (χ4v) is 4.45. The third-order valence-electron chi connectivity index (χ3n) is 4.37. The van der Waals surface area contributed by atoms with Crippen molar-refractivity contribution in [1.82, 2.24) is 15.6 Å². The average Bonchev–Trinajstić information content (AvgIpc) is 3.09. The smallest absolute Gasteiger partial charge is 0.322 e. The second kappa shape index (κ2) is 4.42. The molecule has 0 bridgehead atoms. The Labute approximate surface area is 131 Å². The van der Waals surface area contributed by atoms with E-state index in [0.29, 0.717) is 19.5 Å². The van der Waals surface area contributed by atoms with Crippen molar-refractivity contribution in [2.45, 2.75) is 25.8 Å². The van der Waals surface area contributed by atoms with Crippen LogP contribution in [0, 0.1) is 13.8 Å². The van der Waals surface area contributed by atoms with Crippen LogP contribution in [0.3, 0.4) is 0 Å². The number of thiazole rings is 1. The van der Waals surface area contributed by atoms with Crippen LogP contribution in [0.2, 0.25) is 0 Å². The molecule has 3 heterocycles. The number of nitrogens with zero attached hydrogens (tertiary/aromatic N) is 2. The van der Waals surface area contributed by atoms with E-state index >= 15 is 0 Å². The zero-order chi connectivity index (χ0) is 15.5. The lowest BCUT2D eigenvalue weighted by molar-refractivity contribution is -0.123. The van der Waals surface area contributed by atoms with Crippen molar-refractivity contribution >= 4 is 38.6 Å². The van der Waals surface area contributed by atoms with Gasteiger partial charge in [-0.25, -0.2) is 9.78 Å². The summed E-state index contributed by atoms with van der Waals surface area (Å²) >= 11 is 1.64. The van der Waals surface area contributed by atoms with Crippen LogP contribution in [-0.2, 0) is 4.79 Å². The first kappa shape index (κ1) is 13.5. The molecular formula is C15H16N4O2S. The number of rotatable bonds is 1. The summed E-state index contributed by atoms with van der Waals surface area (Å²) in [6.45, 7) is 5.33. The third-order valence-corrected chi connectivity index (χ3v) is 5.44. The van der Waals surface area contributed by atoms with Gasteiger partial charge in [0.1, 0.15) is 5.54 Å². The lowest BCUT2D eigenvalue weighted by Gasteiger charge is -2.20. The molecule has 1 spiro atoms. The molecule has 1 atom stereocenters. The fourth-order valence-electron chi connectivity index (χ4n) is 3.28. The van der Waals surface area contributed by atoms with Crippen molar-refractivity contribution in [3.8, 4) is 0 Å².